The Morgan fingerprint density at radius 1 is 0.920 bits per heavy atom. The van der Waals surface area contributed by atoms with Crippen LogP contribution in [0.1, 0.15) is 5.56 Å². The van der Waals surface area contributed by atoms with Crippen LogP contribution in [0.4, 0.5) is 5.69 Å². The zero-order chi connectivity index (χ0) is 18.8. The highest BCUT2D eigenvalue weighted by molar-refractivity contribution is 7.93. The molecule has 2 aromatic rings. The summed E-state index contributed by atoms with van der Waals surface area (Å²) in [6.45, 7) is 0. The van der Waals surface area contributed by atoms with Gasteiger partial charge in [0.1, 0.15) is 4.90 Å². The van der Waals surface area contributed by atoms with Gasteiger partial charge in [0, 0.05) is 5.02 Å². The Bertz CT molecular complexity index is 1010. The van der Waals surface area contributed by atoms with Crippen LogP contribution in [0.15, 0.2) is 41.3 Å². The van der Waals surface area contributed by atoms with E-state index in [-0.39, 0.29) is 27.8 Å². The van der Waals surface area contributed by atoms with Gasteiger partial charge in [-0.25, -0.2) is 22.0 Å². The quantitative estimate of drug-likeness (QED) is 0.714. The largest absolute Gasteiger partial charge is 0.282 e. The third kappa shape index (κ3) is 5.73. The van der Waals surface area contributed by atoms with E-state index in [4.69, 9.17) is 39.9 Å². The second-order valence-corrected chi connectivity index (χ2v) is 9.73. The summed E-state index contributed by atoms with van der Waals surface area (Å²) in [4.78, 5) is -0.366. The molecule has 0 fully saturated rings. The Morgan fingerprint density at radius 3 is 2.20 bits per heavy atom. The second-order valence-electron chi connectivity index (χ2n) is 5.10. The van der Waals surface area contributed by atoms with Crippen molar-refractivity contribution in [3.8, 4) is 0 Å². The minimum Gasteiger partial charge on any atom is -0.282 e. The van der Waals surface area contributed by atoms with Gasteiger partial charge in [-0.15, -0.1) is 0 Å². The first-order valence-electron chi connectivity index (χ1n) is 6.75. The fourth-order valence-electron chi connectivity index (χ4n) is 2.00. The van der Waals surface area contributed by atoms with Crippen molar-refractivity contribution in [1.29, 1.82) is 0 Å². The van der Waals surface area contributed by atoms with Crippen LogP contribution < -0.4 is 9.86 Å². The van der Waals surface area contributed by atoms with Gasteiger partial charge in [0.05, 0.1) is 21.5 Å². The molecule has 0 atom stereocenters. The number of sulfonamides is 2. The lowest BCUT2D eigenvalue weighted by molar-refractivity contribution is 0.598. The van der Waals surface area contributed by atoms with Crippen LogP contribution in [-0.2, 0) is 26.5 Å². The summed E-state index contributed by atoms with van der Waals surface area (Å²) in [6, 6.07) is 8.39. The highest BCUT2D eigenvalue weighted by Gasteiger charge is 2.19. The third-order valence-corrected chi connectivity index (χ3v) is 6.37. The van der Waals surface area contributed by atoms with Crippen molar-refractivity contribution in [2.24, 2.45) is 5.14 Å². The van der Waals surface area contributed by atoms with Gasteiger partial charge in [-0.05, 0) is 42.3 Å². The zero-order valence-electron chi connectivity index (χ0n) is 12.5. The van der Waals surface area contributed by atoms with Crippen molar-refractivity contribution >= 4 is 60.5 Å². The van der Waals surface area contributed by atoms with Crippen LogP contribution in [0, 0.1) is 0 Å². The number of nitrogens with one attached hydrogen (secondary N) is 1. The van der Waals surface area contributed by atoms with Gasteiger partial charge in [-0.3, -0.25) is 4.72 Å². The standard InChI is InChI=1S/C14H13Cl3N2O4S2/c15-10-2-4-14(25(18,22)23)13(8-10)19-24(20,21)6-5-9-1-3-11(16)12(17)7-9/h1-4,7-8,19H,5-6H2,(H2,18,22,23). The molecule has 0 aliphatic heterocycles. The molecule has 0 spiro atoms. The van der Waals surface area contributed by atoms with Gasteiger partial charge in [0.25, 0.3) is 0 Å². The maximum absolute atomic E-state index is 12.3. The van der Waals surface area contributed by atoms with Gasteiger partial charge < -0.3 is 0 Å². The number of hydrogen-bond acceptors (Lipinski definition) is 4. The van der Waals surface area contributed by atoms with Crippen molar-refractivity contribution in [3.63, 3.8) is 0 Å². The van der Waals surface area contributed by atoms with Crippen molar-refractivity contribution in [2.75, 3.05) is 10.5 Å². The Morgan fingerprint density at radius 2 is 1.60 bits per heavy atom. The highest BCUT2D eigenvalue weighted by atomic mass is 35.5. The molecule has 0 bridgehead atoms. The maximum atomic E-state index is 12.3. The molecular weight excluding hydrogens is 431 g/mol. The molecule has 0 saturated carbocycles. The Kier molecular flexibility index (Phi) is 6.24. The average molecular weight is 444 g/mol. The zero-order valence-corrected chi connectivity index (χ0v) is 16.4. The van der Waals surface area contributed by atoms with Crippen LogP contribution in [0.2, 0.25) is 15.1 Å². The molecule has 2 rings (SSSR count). The molecule has 0 aliphatic carbocycles. The van der Waals surface area contributed by atoms with Gasteiger partial charge >= 0.3 is 0 Å². The van der Waals surface area contributed by atoms with Crippen molar-refractivity contribution in [3.05, 3.63) is 57.0 Å². The molecule has 2 aromatic carbocycles. The summed E-state index contributed by atoms with van der Waals surface area (Å²) in [5.74, 6) is -0.304. The monoisotopic (exact) mass is 442 g/mol. The summed E-state index contributed by atoms with van der Waals surface area (Å²) < 4.78 is 49.9. The fourth-order valence-corrected chi connectivity index (χ4v) is 4.34. The number of hydrogen-bond donors (Lipinski definition) is 2. The Labute approximate surface area is 161 Å². The van der Waals surface area contributed by atoms with Crippen LogP contribution in [-0.4, -0.2) is 22.6 Å². The predicted octanol–water partition coefficient (Wildman–Crippen LogP) is 3.28. The normalized spacial score (nSPS) is 12.2. The summed E-state index contributed by atoms with van der Waals surface area (Å²) in [5, 5.41) is 5.93. The molecule has 0 aliphatic rings. The average Bonchev–Trinajstić information content (AvgIpc) is 2.47. The number of rotatable bonds is 6. The number of benzene rings is 2. The first-order valence-corrected chi connectivity index (χ1v) is 11.1. The molecule has 6 nitrogen and oxygen atoms in total. The Hall–Kier alpha value is -1.03. The molecule has 3 N–H and O–H groups in total. The van der Waals surface area contributed by atoms with E-state index in [9.17, 15) is 16.8 Å². The minimum absolute atomic E-state index is 0.150. The summed E-state index contributed by atoms with van der Waals surface area (Å²) in [5.41, 5.74) is 0.460. The van der Waals surface area contributed by atoms with Gasteiger partial charge in [-0.1, -0.05) is 40.9 Å². The van der Waals surface area contributed by atoms with E-state index < -0.39 is 20.0 Å². The number of primary sulfonamides is 1. The molecule has 0 aromatic heterocycles. The second kappa shape index (κ2) is 7.69. The molecule has 0 amide bonds. The molecule has 136 valence electrons. The summed E-state index contributed by atoms with van der Waals surface area (Å²) in [6.07, 6.45) is 0.150. The number of anilines is 1. The van der Waals surface area contributed by atoms with Crippen LogP contribution in [0.3, 0.4) is 0 Å². The topological polar surface area (TPSA) is 106 Å². The van der Waals surface area contributed by atoms with Gasteiger partial charge in [0.15, 0.2) is 0 Å². The van der Waals surface area contributed by atoms with Crippen molar-refractivity contribution in [1.82, 2.24) is 0 Å². The fraction of sp³-hybridized carbons (Fsp3) is 0.143. The van der Waals surface area contributed by atoms with E-state index in [1.54, 1.807) is 18.2 Å². The molecule has 11 heteroatoms. The summed E-state index contributed by atoms with van der Waals surface area (Å²) in [7, 11) is -7.98. The molecule has 0 saturated heterocycles. The van der Waals surface area contributed by atoms with Crippen molar-refractivity contribution in [2.45, 2.75) is 11.3 Å². The van der Waals surface area contributed by atoms with E-state index in [2.05, 4.69) is 4.72 Å². The first-order chi connectivity index (χ1) is 11.5. The molecule has 0 heterocycles. The SMILES string of the molecule is NS(=O)(=O)c1ccc(Cl)cc1NS(=O)(=O)CCc1ccc(Cl)c(Cl)c1. The molecular formula is C14H13Cl3N2O4S2. The number of halogens is 3. The smallest absolute Gasteiger partial charge is 0.240 e. The number of aryl methyl sites for hydroxylation is 1. The lowest BCUT2D eigenvalue weighted by Crippen LogP contribution is -2.21. The van der Waals surface area contributed by atoms with E-state index in [0.29, 0.717) is 15.6 Å². The van der Waals surface area contributed by atoms with E-state index in [0.717, 1.165) is 6.07 Å². The van der Waals surface area contributed by atoms with Crippen LogP contribution in [0.25, 0.3) is 0 Å². The maximum Gasteiger partial charge on any atom is 0.240 e. The van der Waals surface area contributed by atoms with E-state index >= 15 is 0 Å². The summed E-state index contributed by atoms with van der Waals surface area (Å²) >= 11 is 17.5. The first kappa shape index (κ1) is 20.3. The minimum atomic E-state index is -4.12. The lowest BCUT2D eigenvalue weighted by atomic mass is 10.2. The molecule has 0 radical (unpaired) electrons. The van der Waals surface area contributed by atoms with Crippen LogP contribution in [0.5, 0.6) is 0 Å². The Balaban J connectivity index is 2.21. The van der Waals surface area contributed by atoms with Gasteiger partial charge in [-0.2, -0.15) is 0 Å². The lowest BCUT2D eigenvalue weighted by Gasteiger charge is -2.12. The van der Waals surface area contributed by atoms with E-state index in [1.807, 2.05) is 0 Å². The van der Waals surface area contributed by atoms with Gasteiger partial charge in [0.2, 0.25) is 20.0 Å². The van der Waals surface area contributed by atoms with Crippen molar-refractivity contribution < 1.29 is 16.8 Å². The molecule has 25 heavy (non-hydrogen) atoms. The van der Waals surface area contributed by atoms with E-state index in [1.165, 1.54) is 12.1 Å². The predicted molar refractivity (Wildman–Crippen MR) is 100 cm³/mol. The number of nitrogens with two attached hydrogens (primary N) is 1. The highest BCUT2D eigenvalue weighted by Crippen LogP contribution is 2.26. The molecule has 0 unspecified atom stereocenters. The third-order valence-electron chi connectivity index (χ3n) is 3.16. The van der Waals surface area contributed by atoms with Crippen LogP contribution >= 0.6 is 34.8 Å².